The fourth-order valence-electron chi connectivity index (χ4n) is 3.76. The molecule has 184 valence electrons. The zero-order chi connectivity index (χ0) is 24.7. The van der Waals surface area contributed by atoms with Crippen molar-refractivity contribution in [1.29, 1.82) is 0 Å². The van der Waals surface area contributed by atoms with Crippen molar-refractivity contribution in [2.24, 2.45) is 0 Å². The molecule has 0 radical (unpaired) electrons. The molecule has 1 fully saturated rings. The van der Waals surface area contributed by atoms with Gasteiger partial charge in [0, 0.05) is 37.1 Å². The number of halogens is 3. The Kier molecular flexibility index (Phi) is 8.84. The van der Waals surface area contributed by atoms with Crippen LogP contribution in [0.5, 0.6) is 0 Å². The minimum absolute atomic E-state index is 0.00364. The molecule has 1 aliphatic rings. The Morgan fingerprint density at radius 2 is 1.82 bits per heavy atom. The maximum absolute atomic E-state index is 13.0. The highest BCUT2D eigenvalue weighted by molar-refractivity contribution is 7.97. The van der Waals surface area contributed by atoms with E-state index >= 15 is 0 Å². The molecule has 1 atom stereocenters. The molecule has 0 spiro atoms. The predicted octanol–water partition coefficient (Wildman–Crippen LogP) is 5.20. The van der Waals surface area contributed by atoms with Crippen molar-refractivity contribution < 1.29 is 27.5 Å². The second kappa shape index (κ2) is 11.6. The first-order valence-corrected chi connectivity index (χ1v) is 11.8. The number of methoxy groups -OCH3 is 1. The van der Waals surface area contributed by atoms with E-state index in [0.717, 1.165) is 30.5 Å². The van der Waals surface area contributed by atoms with Crippen LogP contribution < -0.4 is 5.32 Å². The Labute approximate surface area is 201 Å². The Hall–Kier alpha value is -2.72. The molecule has 6 nitrogen and oxygen atoms in total. The van der Waals surface area contributed by atoms with Crippen LogP contribution in [0, 0.1) is 0 Å². The number of piperidine rings is 1. The Balaban J connectivity index is 1.80. The molecule has 2 aromatic carbocycles. The minimum Gasteiger partial charge on any atom is -0.465 e. The summed E-state index contributed by atoms with van der Waals surface area (Å²) in [5.41, 5.74) is 0.678. The smallest absolute Gasteiger partial charge is 0.416 e. The number of hydrogen-bond acceptors (Lipinski definition) is 5. The van der Waals surface area contributed by atoms with Gasteiger partial charge in [-0.25, -0.2) is 13.9 Å². The van der Waals surface area contributed by atoms with E-state index in [4.69, 9.17) is 4.74 Å². The molecule has 1 saturated heterocycles. The van der Waals surface area contributed by atoms with E-state index in [1.807, 2.05) is 19.1 Å². The number of nitrogens with zero attached hydrogens (tertiary/aromatic N) is 2. The Morgan fingerprint density at radius 3 is 2.41 bits per heavy atom. The second-order valence-corrected chi connectivity index (χ2v) is 9.08. The van der Waals surface area contributed by atoms with Gasteiger partial charge in [-0.15, -0.1) is 0 Å². The molecule has 34 heavy (non-hydrogen) atoms. The average molecular weight is 496 g/mol. The van der Waals surface area contributed by atoms with Gasteiger partial charge in [-0.3, -0.25) is 0 Å². The van der Waals surface area contributed by atoms with Crippen LogP contribution in [0.1, 0.15) is 41.3 Å². The van der Waals surface area contributed by atoms with E-state index in [1.165, 1.54) is 31.2 Å². The fraction of sp³-hybridized carbons (Fsp3) is 0.417. The first-order valence-electron chi connectivity index (χ1n) is 11.0. The summed E-state index contributed by atoms with van der Waals surface area (Å²) >= 11 is 1.37. The first-order chi connectivity index (χ1) is 16.2. The van der Waals surface area contributed by atoms with Crippen molar-refractivity contribution in [1.82, 2.24) is 14.5 Å². The van der Waals surface area contributed by atoms with E-state index < -0.39 is 17.7 Å². The molecule has 10 heteroatoms. The number of esters is 1. The Morgan fingerprint density at radius 1 is 1.15 bits per heavy atom. The third kappa shape index (κ3) is 6.89. The molecule has 0 aliphatic carbocycles. The van der Waals surface area contributed by atoms with Gasteiger partial charge in [-0.2, -0.15) is 13.2 Å². The minimum atomic E-state index is -4.39. The van der Waals surface area contributed by atoms with Gasteiger partial charge in [0.15, 0.2) is 0 Å². The number of hydrogen-bond donors (Lipinski definition) is 1. The summed E-state index contributed by atoms with van der Waals surface area (Å²) in [4.78, 5) is 26.6. The number of carbonyl (C=O) groups excluding carboxylic acids is 2. The third-order valence-corrected chi connectivity index (χ3v) is 6.68. The molecule has 3 rings (SSSR count). The fourth-order valence-corrected chi connectivity index (χ4v) is 4.82. The molecule has 0 saturated carbocycles. The summed E-state index contributed by atoms with van der Waals surface area (Å²) in [6, 6.07) is 12.0. The molecule has 2 amide bonds. The number of alkyl halides is 3. The monoisotopic (exact) mass is 495 g/mol. The normalized spacial score (nSPS) is 16.4. The Bertz CT molecular complexity index is 968. The quantitative estimate of drug-likeness (QED) is 0.423. The van der Waals surface area contributed by atoms with Gasteiger partial charge in [0.2, 0.25) is 0 Å². The molecule has 1 N–H and O–H groups in total. The SMILES string of the molecule is CCNC(=O)N1CCCC(N(Cc2ccc(C(=O)OC)cc2)Sc2ccc(C(F)(F)F)cc2)C1. The summed E-state index contributed by atoms with van der Waals surface area (Å²) in [7, 11) is 1.32. The van der Waals surface area contributed by atoms with Crippen LogP contribution in [0.3, 0.4) is 0 Å². The van der Waals surface area contributed by atoms with Crippen molar-refractivity contribution in [2.45, 2.75) is 43.4 Å². The van der Waals surface area contributed by atoms with Gasteiger partial charge >= 0.3 is 18.2 Å². The number of rotatable bonds is 7. The topological polar surface area (TPSA) is 61.9 Å². The van der Waals surface area contributed by atoms with Crippen LogP contribution in [-0.4, -0.2) is 54.0 Å². The van der Waals surface area contributed by atoms with Gasteiger partial charge in [-0.05, 0) is 73.7 Å². The number of nitrogens with one attached hydrogen (secondary N) is 1. The molecule has 1 heterocycles. The molecule has 0 bridgehead atoms. The van der Waals surface area contributed by atoms with Crippen LogP contribution in [0.25, 0.3) is 0 Å². The van der Waals surface area contributed by atoms with E-state index in [0.29, 0.717) is 36.6 Å². The molecule has 1 unspecified atom stereocenters. The van der Waals surface area contributed by atoms with Crippen molar-refractivity contribution in [2.75, 3.05) is 26.7 Å². The number of likely N-dealkylation sites (tertiary alicyclic amines) is 1. The summed E-state index contributed by atoms with van der Waals surface area (Å²) in [6.45, 7) is 4.07. The number of amides is 2. The molecule has 0 aromatic heterocycles. The number of urea groups is 1. The van der Waals surface area contributed by atoms with E-state index in [9.17, 15) is 22.8 Å². The van der Waals surface area contributed by atoms with E-state index in [1.54, 1.807) is 17.0 Å². The van der Waals surface area contributed by atoms with E-state index in [2.05, 4.69) is 9.62 Å². The number of ether oxygens (including phenoxy) is 1. The van der Waals surface area contributed by atoms with Gasteiger partial charge in [-0.1, -0.05) is 12.1 Å². The zero-order valence-corrected chi connectivity index (χ0v) is 19.9. The maximum atomic E-state index is 13.0. The van der Waals surface area contributed by atoms with Crippen LogP contribution in [0.15, 0.2) is 53.4 Å². The largest absolute Gasteiger partial charge is 0.465 e. The highest BCUT2D eigenvalue weighted by Crippen LogP contribution is 2.34. The lowest BCUT2D eigenvalue weighted by molar-refractivity contribution is -0.137. The molecular formula is C24H28F3N3O3S. The molecule has 2 aromatic rings. The summed E-state index contributed by atoms with van der Waals surface area (Å²) in [5, 5.41) is 2.83. The van der Waals surface area contributed by atoms with Crippen molar-refractivity contribution in [3.63, 3.8) is 0 Å². The standard InChI is InChI=1S/C24H28F3N3O3S/c1-3-28-23(32)29-14-4-5-20(16-29)30(15-17-6-8-18(9-7-17)22(31)33-2)34-21-12-10-19(11-13-21)24(25,26)27/h6-13,20H,3-5,14-16H2,1-2H3,(H,28,32). The van der Waals surface area contributed by atoms with Gasteiger partial charge in [0.25, 0.3) is 0 Å². The van der Waals surface area contributed by atoms with Gasteiger partial charge < -0.3 is 15.0 Å². The van der Waals surface area contributed by atoms with Gasteiger partial charge in [0.1, 0.15) is 0 Å². The number of carbonyl (C=O) groups is 2. The lowest BCUT2D eigenvalue weighted by Crippen LogP contribution is -2.50. The highest BCUT2D eigenvalue weighted by Gasteiger charge is 2.31. The van der Waals surface area contributed by atoms with Crippen LogP contribution >= 0.6 is 11.9 Å². The molecular weight excluding hydrogens is 467 g/mol. The maximum Gasteiger partial charge on any atom is 0.416 e. The predicted molar refractivity (Wildman–Crippen MR) is 124 cm³/mol. The zero-order valence-electron chi connectivity index (χ0n) is 19.1. The summed E-state index contributed by atoms with van der Waals surface area (Å²) in [5.74, 6) is -0.424. The first kappa shape index (κ1) is 25.9. The lowest BCUT2D eigenvalue weighted by atomic mass is 10.1. The van der Waals surface area contributed by atoms with E-state index in [-0.39, 0.29) is 12.1 Å². The van der Waals surface area contributed by atoms with Crippen LogP contribution in [0.4, 0.5) is 18.0 Å². The second-order valence-electron chi connectivity index (χ2n) is 7.95. The van der Waals surface area contributed by atoms with Crippen LogP contribution in [0.2, 0.25) is 0 Å². The van der Waals surface area contributed by atoms with Crippen molar-refractivity contribution in [3.05, 3.63) is 65.2 Å². The molecule has 1 aliphatic heterocycles. The lowest BCUT2D eigenvalue weighted by Gasteiger charge is -2.38. The summed E-state index contributed by atoms with van der Waals surface area (Å²) < 4.78 is 45.7. The highest BCUT2D eigenvalue weighted by atomic mass is 32.2. The van der Waals surface area contributed by atoms with Crippen molar-refractivity contribution in [3.8, 4) is 0 Å². The van der Waals surface area contributed by atoms with Crippen molar-refractivity contribution >= 4 is 23.9 Å². The third-order valence-electron chi connectivity index (χ3n) is 5.54. The van der Waals surface area contributed by atoms with Gasteiger partial charge in [0.05, 0.1) is 18.2 Å². The summed E-state index contributed by atoms with van der Waals surface area (Å²) in [6.07, 6.45) is -2.71. The van der Waals surface area contributed by atoms with Crippen LogP contribution in [-0.2, 0) is 17.5 Å². The average Bonchev–Trinajstić information content (AvgIpc) is 2.83. The number of benzene rings is 2.